The third kappa shape index (κ3) is 11.2. The number of hydrogen-bond acceptors (Lipinski definition) is 0. The molecule has 30 heavy (non-hydrogen) atoms. The van der Waals surface area contributed by atoms with Gasteiger partial charge in [-0.2, -0.15) is 0 Å². The molecule has 0 radical (unpaired) electrons. The molecule has 0 spiro atoms. The summed E-state index contributed by atoms with van der Waals surface area (Å²) in [5, 5.41) is 0. The van der Waals surface area contributed by atoms with Crippen LogP contribution in [0.4, 0.5) is 0 Å². The molecule has 0 aliphatic heterocycles. The molecule has 2 aromatic carbocycles. The fourth-order valence-electron chi connectivity index (χ4n) is 3.47. The highest BCUT2D eigenvalue weighted by Crippen LogP contribution is 2.50. The fourth-order valence-corrected chi connectivity index (χ4v) is 3.47. The Balaban J connectivity index is 0.000000484. The van der Waals surface area contributed by atoms with Crippen LogP contribution in [0.2, 0.25) is 0 Å². The van der Waals surface area contributed by atoms with E-state index in [0.29, 0.717) is 5.92 Å². The van der Waals surface area contributed by atoms with Crippen LogP contribution < -0.4 is 0 Å². The maximum atomic E-state index is 3.99. The lowest BCUT2D eigenvalue weighted by molar-refractivity contribution is 0.632. The van der Waals surface area contributed by atoms with Crippen molar-refractivity contribution in [1.82, 2.24) is 0 Å². The Kier molecular flexibility index (Phi) is 15.5. The molecule has 0 nitrogen and oxygen atoms in total. The molecule has 0 heterocycles. The van der Waals surface area contributed by atoms with Gasteiger partial charge in [-0.15, -0.1) is 6.58 Å². The van der Waals surface area contributed by atoms with Gasteiger partial charge in [-0.3, -0.25) is 0 Å². The van der Waals surface area contributed by atoms with E-state index >= 15 is 0 Å². The highest BCUT2D eigenvalue weighted by molar-refractivity contribution is 5.30. The smallest absolute Gasteiger partial charge is 0.00904 e. The number of benzene rings is 2. The molecule has 0 aromatic heterocycles. The fraction of sp³-hybridized carbons (Fsp3) is 0.467. The average molecular weight is 407 g/mol. The Morgan fingerprint density at radius 3 is 1.80 bits per heavy atom. The van der Waals surface area contributed by atoms with Crippen LogP contribution >= 0.6 is 0 Å². The second-order valence-electron chi connectivity index (χ2n) is 7.87. The first-order valence-electron chi connectivity index (χ1n) is 11.9. The molecule has 0 heteroatoms. The molecule has 1 fully saturated rings. The number of allylic oxidation sites excluding steroid dienone is 2. The predicted octanol–water partition coefficient (Wildman–Crippen LogP) is 9.96. The molecule has 2 aromatic rings. The SMILES string of the molecule is C=C(C)C1CC1c1ccccc1.C=C(C)CCCC(C)c1ccccc1.CC.CC. The van der Waals surface area contributed by atoms with Crippen LogP contribution in [-0.2, 0) is 0 Å². The molecule has 3 unspecified atom stereocenters. The maximum Gasteiger partial charge on any atom is -0.00904 e. The van der Waals surface area contributed by atoms with Crippen molar-refractivity contribution in [1.29, 1.82) is 0 Å². The van der Waals surface area contributed by atoms with E-state index in [-0.39, 0.29) is 0 Å². The molecule has 1 aliphatic rings. The first-order valence-corrected chi connectivity index (χ1v) is 11.9. The predicted molar refractivity (Wildman–Crippen MR) is 138 cm³/mol. The third-order valence-corrected chi connectivity index (χ3v) is 5.26. The van der Waals surface area contributed by atoms with E-state index < -0.39 is 0 Å². The van der Waals surface area contributed by atoms with E-state index in [1.807, 2.05) is 27.7 Å². The third-order valence-electron chi connectivity index (χ3n) is 5.26. The standard InChI is InChI=1S/C14H20.C12H14.2C2H6/c1-12(2)8-7-9-13(3)14-10-5-4-6-11-14;1-9(2)11-8-12(11)10-6-4-3-5-7-10;2*1-2/h4-6,10-11,13H,1,7-9H2,2-3H3;3-7,11-12H,1,8H2,2H3;2*1-2H3. The van der Waals surface area contributed by atoms with Gasteiger partial charge in [-0.1, -0.05) is 113 Å². The summed E-state index contributed by atoms with van der Waals surface area (Å²) < 4.78 is 0. The van der Waals surface area contributed by atoms with Gasteiger partial charge in [0.15, 0.2) is 0 Å². The van der Waals surface area contributed by atoms with Gasteiger partial charge in [0.25, 0.3) is 0 Å². The monoisotopic (exact) mass is 406 g/mol. The van der Waals surface area contributed by atoms with Crippen LogP contribution in [0.3, 0.4) is 0 Å². The van der Waals surface area contributed by atoms with Gasteiger partial charge in [0.2, 0.25) is 0 Å². The van der Waals surface area contributed by atoms with E-state index in [9.17, 15) is 0 Å². The van der Waals surface area contributed by atoms with E-state index in [1.54, 1.807) is 0 Å². The zero-order valence-corrected chi connectivity index (χ0v) is 20.7. The van der Waals surface area contributed by atoms with Crippen LogP contribution in [0, 0.1) is 5.92 Å². The van der Waals surface area contributed by atoms with Gasteiger partial charge in [0.05, 0.1) is 0 Å². The Bertz CT molecular complexity index is 680. The minimum absolute atomic E-state index is 0.676. The summed E-state index contributed by atoms with van der Waals surface area (Å²) in [4.78, 5) is 0. The summed E-state index contributed by atoms with van der Waals surface area (Å²) in [7, 11) is 0. The van der Waals surface area contributed by atoms with Gasteiger partial charge in [-0.25, -0.2) is 0 Å². The lowest BCUT2D eigenvalue weighted by atomic mass is 9.95. The Hall–Kier alpha value is -2.08. The van der Waals surface area contributed by atoms with Crippen molar-refractivity contribution in [2.45, 2.75) is 86.0 Å². The first kappa shape index (κ1) is 27.9. The molecule has 3 rings (SSSR count). The van der Waals surface area contributed by atoms with Crippen molar-refractivity contribution >= 4 is 0 Å². The van der Waals surface area contributed by atoms with Crippen LogP contribution in [0.5, 0.6) is 0 Å². The zero-order valence-electron chi connectivity index (χ0n) is 20.7. The van der Waals surface area contributed by atoms with E-state index in [2.05, 4.69) is 94.6 Å². The van der Waals surface area contributed by atoms with Crippen molar-refractivity contribution in [2.75, 3.05) is 0 Å². The van der Waals surface area contributed by atoms with Crippen molar-refractivity contribution in [2.24, 2.45) is 5.92 Å². The minimum Gasteiger partial charge on any atom is -0.100 e. The van der Waals surface area contributed by atoms with Crippen LogP contribution in [0.25, 0.3) is 0 Å². The zero-order chi connectivity index (χ0) is 22.9. The highest BCUT2D eigenvalue weighted by atomic mass is 14.4. The van der Waals surface area contributed by atoms with Crippen molar-refractivity contribution in [3.05, 3.63) is 96.1 Å². The summed E-state index contributed by atoms with van der Waals surface area (Å²) in [5.41, 5.74) is 5.56. The lowest BCUT2D eigenvalue weighted by Gasteiger charge is -2.11. The van der Waals surface area contributed by atoms with Crippen LogP contribution in [-0.4, -0.2) is 0 Å². The molecular formula is C30H46. The molecule has 166 valence electrons. The summed E-state index contributed by atoms with van der Waals surface area (Å²) in [6.45, 7) is 22.5. The molecule has 1 saturated carbocycles. The van der Waals surface area contributed by atoms with Gasteiger partial charge >= 0.3 is 0 Å². The van der Waals surface area contributed by atoms with Crippen molar-refractivity contribution in [3.63, 3.8) is 0 Å². The summed E-state index contributed by atoms with van der Waals surface area (Å²) >= 11 is 0. The molecule has 3 atom stereocenters. The van der Waals surface area contributed by atoms with Crippen LogP contribution in [0.1, 0.15) is 97.1 Å². The first-order chi connectivity index (χ1) is 14.5. The Morgan fingerprint density at radius 1 is 0.867 bits per heavy atom. The average Bonchev–Trinajstić information content (AvgIpc) is 3.59. The lowest BCUT2D eigenvalue weighted by Crippen LogP contribution is -1.93. The van der Waals surface area contributed by atoms with Gasteiger partial charge in [0, 0.05) is 0 Å². The minimum atomic E-state index is 0.676. The Labute approximate surface area is 188 Å². The Morgan fingerprint density at radius 2 is 1.37 bits per heavy atom. The molecule has 0 amide bonds. The van der Waals surface area contributed by atoms with Gasteiger partial charge in [-0.05, 0) is 68.4 Å². The number of rotatable bonds is 7. The summed E-state index contributed by atoms with van der Waals surface area (Å²) in [6, 6.07) is 21.5. The van der Waals surface area contributed by atoms with Crippen molar-refractivity contribution < 1.29 is 0 Å². The van der Waals surface area contributed by atoms with E-state index in [4.69, 9.17) is 0 Å². The summed E-state index contributed by atoms with van der Waals surface area (Å²) in [5.74, 6) is 2.20. The quantitative estimate of drug-likeness (QED) is 0.401. The summed E-state index contributed by atoms with van der Waals surface area (Å²) in [6.07, 6.45) is 4.98. The molecule has 0 bridgehead atoms. The molecular weight excluding hydrogens is 360 g/mol. The largest absolute Gasteiger partial charge is 0.100 e. The second-order valence-corrected chi connectivity index (χ2v) is 7.87. The number of hydrogen-bond donors (Lipinski definition) is 0. The highest BCUT2D eigenvalue weighted by Gasteiger charge is 2.38. The van der Waals surface area contributed by atoms with E-state index in [1.165, 1.54) is 41.5 Å². The normalized spacial score (nSPS) is 16.9. The topological polar surface area (TPSA) is 0 Å². The van der Waals surface area contributed by atoms with Crippen molar-refractivity contribution in [3.8, 4) is 0 Å². The van der Waals surface area contributed by atoms with Gasteiger partial charge in [0.1, 0.15) is 0 Å². The molecule has 0 N–H and O–H groups in total. The molecule has 0 saturated heterocycles. The van der Waals surface area contributed by atoms with Gasteiger partial charge < -0.3 is 0 Å². The van der Waals surface area contributed by atoms with E-state index in [0.717, 1.165) is 18.3 Å². The maximum absolute atomic E-state index is 3.99. The van der Waals surface area contributed by atoms with Crippen LogP contribution in [0.15, 0.2) is 85.0 Å². The second kappa shape index (κ2) is 16.7. The molecule has 1 aliphatic carbocycles.